The molecule has 0 fully saturated rings. The van der Waals surface area contributed by atoms with Crippen LogP contribution in [-0.4, -0.2) is 12.5 Å². The Hall–Kier alpha value is -0.970. The van der Waals surface area contributed by atoms with Gasteiger partial charge < -0.3 is 4.74 Å². The van der Waals surface area contributed by atoms with Crippen molar-refractivity contribution in [3.8, 4) is 11.8 Å². The highest BCUT2D eigenvalue weighted by Crippen LogP contribution is 1.82. The Kier molecular flexibility index (Phi) is 1.58. The van der Waals surface area contributed by atoms with Gasteiger partial charge >= 0.3 is 5.97 Å². The van der Waals surface area contributed by atoms with Gasteiger partial charge in [-0.1, -0.05) is 5.92 Å². The van der Waals surface area contributed by atoms with Crippen molar-refractivity contribution in [1.29, 1.82) is 0 Å². The van der Waals surface area contributed by atoms with E-state index in [0.717, 1.165) is 0 Å². The summed E-state index contributed by atoms with van der Waals surface area (Å²) in [6.07, 6.45) is -0.313. The van der Waals surface area contributed by atoms with Gasteiger partial charge in [-0.25, -0.2) is 0 Å². The molecule has 0 aliphatic heterocycles. The molecule has 0 N–H and O–H groups in total. The van der Waals surface area contributed by atoms with Crippen LogP contribution in [0.5, 0.6) is 0 Å². The standard InChI is InChI=1S/C7H10O2/c1-3-5-6-7(8)9-4-2/h4,6H2,1-2H3/i2D3,4D2. The summed E-state index contributed by atoms with van der Waals surface area (Å²) in [4.78, 5) is 10.8. The normalized spacial score (nSPS) is 18.6. The van der Waals surface area contributed by atoms with Crippen LogP contribution in [0.25, 0.3) is 0 Å². The maximum absolute atomic E-state index is 10.8. The van der Waals surface area contributed by atoms with E-state index in [-0.39, 0.29) is 6.42 Å². The van der Waals surface area contributed by atoms with Crippen LogP contribution in [-0.2, 0) is 9.53 Å². The van der Waals surface area contributed by atoms with Crippen molar-refractivity contribution in [2.75, 3.05) is 6.56 Å². The molecule has 0 heterocycles. The highest BCUT2D eigenvalue weighted by molar-refractivity contribution is 5.72. The Morgan fingerprint density at radius 1 is 2.00 bits per heavy atom. The summed E-state index contributed by atoms with van der Waals surface area (Å²) < 4.78 is 38.3. The van der Waals surface area contributed by atoms with Crippen molar-refractivity contribution < 1.29 is 16.4 Å². The van der Waals surface area contributed by atoms with Gasteiger partial charge in [-0.2, -0.15) is 0 Å². The third-order valence-corrected chi connectivity index (χ3v) is 0.574. The summed E-state index contributed by atoms with van der Waals surface area (Å²) in [5.41, 5.74) is 0. The van der Waals surface area contributed by atoms with E-state index in [9.17, 15) is 4.79 Å². The molecule has 0 aliphatic carbocycles. The van der Waals surface area contributed by atoms with Gasteiger partial charge in [0.1, 0.15) is 6.42 Å². The third kappa shape index (κ3) is 4.89. The van der Waals surface area contributed by atoms with Crippen LogP contribution in [0.15, 0.2) is 0 Å². The van der Waals surface area contributed by atoms with Crippen molar-refractivity contribution >= 4 is 5.97 Å². The summed E-state index contributed by atoms with van der Waals surface area (Å²) in [5.74, 6) is 3.77. The van der Waals surface area contributed by atoms with Gasteiger partial charge in [-0.15, -0.1) is 5.92 Å². The highest BCUT2D eigenvalue weighted by atomic mass is 16.5. The zero-order valence-electron chi connectivity index (χ0n) is 10.0. The Bertz CT molecular complexity index is 270. The van der Waals surface area contributed by atoms with E-state index in [2.05, 4.69) is 16.6 Å². The number of hydrogen-bond donors (Lipinski definition) is 0. The van der Waals surface area contributed by atoms with Crippen molar-refractivity contribution in [3.63, 3.8) is 0 Å². The fourth-order valence-corrected chi connectivity index (χ4v) is 0.254. The first-order valence-corrected chi connectivity index (χ1v) is 2.32. The van der Waals surface area contributed by atoms with Gasteiger partial charge in [-0.05, 0) is 13.8 Å². The molecule has 0 unspecified atom stereocenters. The van der Waals surface area contributed by atoms with Crippen LogP contribution < -0.4 is 0 Å². The summed E-state index contributed by atoms with van der Waals surface area (Å²) >= 11 is 0. The van der Waals surface area contributed by atoms with E-state index in [1.54, 1.807) is 0 Å². The molecular formula is C7H10O2. The van der Waals surface area contributed by atoms with Crippen LogP contribution in [0.3, 0.4) is 0 Å². The second kappa shape index (κ2) is 5.17. The van der Waals surface area contributed by atoms with E-state index in [1.165, 1.54) is 6.92 Å². The van der Waals surface area contributed by atoms with E-state index < -0.39 is 19.4 Å². The van der Waals surface area contributed by atoms with Crippen LogP contribution >= 0.6 is 0 Å². The zero-order chi connectivity index (χ0) is 11.4. The molecule has 2 nitrogen and oxygen atoms in total. The van der Waals surface area contributed by atoms with Gasteiger partial charge in [0.05, 0.1) is 9.30 Å². The number of ether oxygens (including phenoxy) is 1. The SMILES string of the molecule is [2H]C([2H])([2H])C([2H])([2H])OC(=O)CC#CC. The van der Waals surface area contributed by atoms with Crippen LogP contribution in [0.1, 0.15) is 27.1 Å². The lowest BCUT2D eigenvalue weighted by Crippen LogP contribution is -2.01. The van der Waals surface area contributed by atoms with E-state index >= 15 is 0 Å². The molecule has 0 amide bonds. The lowest BCUT2D eigenvalue weighted by atomic mass is 10.4. The summed E-state index contributed by atoms with van der Waals surface area (Å²) in [6.45, 7) is -4.44. The Labute approximate surface area is 62.2 Å². The molecule has 50 valence electrons. The molecule has 0 aromatic carbocycles. The molecule has 0 atom stereocenters. The zero-order valence-corrected chi connectivity index (χ0v) is 5.02. The largest absolute Gasteiger partial charge is 0.465 e. The predicted molar refractivity (Wildman–Crippen MR) is 34.7 cm³/mol. The average Bonchev–Trinajstić information content (AvgIpc) is 1.97. The molecule has 0 aromatic heterocycles. The third-order valence-electron chi connectivity index (χ3n) is 0.574. The fraction of sp³-hybridized carbons (Fsp3) is 0.571. The van der Waals surface area contributed by atoms with Gasteiger partial charge in [0, 0.05) is 4.11 Å². The molecule has 0 spiro atoms. The maximum Gasteiger partial charge on any atom is 0.317 e. The van der Waals surface area contributed by atoms with Crippen molar-refractivity contribution in [2.24, 2.45) is 0 Å². The molecule has 0 rings (SSSR count). The molecular weight excluding hydrogens is 116 g/mol. The van der Waals surface area contributed by atoms with Gasteiger partial charge in [0.2, 0.25) is 0 Å². The minimum absolute atomic E-state index is 0.313. The van der Waals surface area contributed by atoms with Gasteiger partial charge in [0.25, 0.3) is 0 Å². The second-order valence-electron chi connectivity index (χ2n) is 1.18. The Morgan fingerprint density at radius 3 is 3.33 bits per heavy atom. The van der Waals surface area contributed by atoms with Crippen LogP contribution in [0, 0.1) is 11.8 Å². The Morgan fingerprint density at radius 2 is 2.78 bits per heavy atom. The molecule has 0 aromatic rings. The summed E-state index contributed by atoms with van der Waals surface area (Å²) in [5, 5.41) is 0. The first kappa shape index (κ1) is 2.74. The molecule has 0 radical (unpaired) electrons. The van der Waals surface area contributed by atoms with Gasteiger partial charge in [0.15, 0.2) is 0 Å². The minimum atomic E-state index is -2.98. The summed E-state index contributed by atoms with van der Waals surface area (Å²) in [7, 11) is 0. The molecule has 0 bridgehead atoms. The van der Waals surface area contributed by atoms with Crippen molar-refractivity contribution in [3.05, 3.63) is 0 Å². The summed E-state index contributed by atoms with van der Waals surface area (Å²) in [6, 6.07) is 0. The lowest BCUT2D eigenvalue weighted by molar-refractivity contribution is -0.141. The smallest absolute Gasteiger partial charge is 0.317 e. The first-order valence-electron chi connectivity index (χ1n) is 4.82. The maximum atomic E-state index is 10.8. The van der Waals surface area contributed by atoms with E-state index in [1.807, 2.05) is 0 Å². The number of rotatable bonds is 2. The minimum Gasteiger partial charge on any atom is -0.465 e. The first-order chi connectivity index (χ1) is 6.20. The van der Waals surface area contributed by atoms with Crippen LogP contribution in [0.2, 0.25) is 0 Å². The highest BCUT2D eigenvalue weighted by Gasteiger charge is 1.94. The van der Waals surface area contributed by atoms with Crippen molar-refractivity contribution in [1.82, 2.24) is 0 Å². The topological polar surface area (TPSA) is 26.3 Å². The number of carbonyl (C=O) groups excluding carboxylic acids is 1. The molecule has 2 heteroatoms. The molecule has 0 saturated carbocycles. The molecule has 9 heavy (non-hydrogen) atoms. The monoisotopic (exact) mass is 131 g/mol. The van der Waals surface area contributed by atoms with Crippen LogP contribution in [0.4, 0.5) is 0 Å². The quantitative estimate of drug-likeness (QED) is 0.412. The predicted octanol–water partition coefficient (Wildman–Crippen LogP) is 0.963. The van der Waals surface area contributed by atoms with E-state index in [0.29, 0.717) is 0 Å². The fourth-order valence-electron chi connectivity index (χ4n) is 0.254. The average molecular weight is 131 g/mol. The lowest BCUT2D eigenvalue weighted by Gasteiger charge is -1.93. The van der Waals surface area contributed by atoms with E-state index in [4.69, 9.17) is 6.85 Å². The molecule has 0 saturated heterocycles. The van der Waals surface area contributed by atoms with Crippen molar-refractivity contribution in [2.45, 2.75) is 20.2 Å². The second-order valence-corrected chi connectivity index (χ2v) is 1.18. The number of esters is 1. The molecule has 0 aliphatic rings. The Balaban J connectivity index is 4.35. The number of hydrogen-bond acceptors (Lipinski definition) is 2. The number of carbonyl (C=O) groups is 1. The van der Waals surface area contributed by atoms with Gasteiger partial charge in [-0.3, -0.25) is 4.79 Å².